The molecule has 0 N–H and O–H groups in total. The van der Waals surface area contributed by atoms with Gasteiger partial charge in [-0.1, -0.05) is 18.2 Å². The molecule has 0 aromatic heterocycles. The average Bonchev–Trinajstić information content (AvgIpc) is 3.16. The average molecular weight is 341 g/mol. The number of amides is 1. The first-order valence-electron chi connectivity index (χ1n) is 8.35. The van der Waals surface area contributed by atoms with Gasteiger partial charge in [0.15, 0.2) is 11.5 Å². The Morgan fingerprint density at radius 1 is 1.00 bits per heavy atom. The van der Waals surface area contributed by atoms with Crippen LogP contribution in [-0.2, 0) is 0 Å². The van der Waals surface area contributed by atoms with Crippen molar-refractivity contribution in [3.8, 4) is 17.2 Å². The highest BCUT2D eigenvalue weighted by Crippen LogP contribution is 2.37. The molecule has 5 heteroatoms. The van der Waals surface area contributed by atoms with E-state index >= 15 is 0 Å². The van der Waals surface area contributed by atoms with Crippen LogP contribution in [0.25, 0.3) is 0 Å². The molecule has 0 spiro atoms. The Hall–Kier alpha value is -2.69. The molecule has 1 amide bonds. The predicted molar refractivity (Wildman–Crippen MR) is 95.6 cm³/mol. The Morgan fingerprint density at radius 2 is 1.76 bits per heavy atom. The molecule has 132 valence electrons. The second-order valence-corrected chi connectivity index (χ2v) is 5.97. The van der Waals surface area contributed by atoms with Gasteiger partial charge < -0.3 is 19.1 Å². The van der Waals surface area contributed by atoms with Crippen LogP contribution in [0.4, 0.5) is 0 Å². The zero-order chi connectivity index (χ0) is 17.8. The van der Waals surface area contributed by atoms with Crippen LogP contribution in [0, 0.1) is 0 Å². The highest BCUT2D eigenvalue weighted by molar-refractivity contribution is 5.98. The van der Waals surface area contributed by atoms with Crippen LogP contribution < -0.4 is 14.2 Å². The van der Waals surface area contributed by atoms with Crippen molar-refractivity contribution < 1.29 is 19.0 Å². The monoisotopic (exact) mass is 341 g/mol. The van der Waals surface area contributed by atoms with E-state index in [-0.39, 0.29) is 11.9 Å². The Bertz CT molecular complexity index is 742. The van der Waals surface area contributed by atoms with Gasteiger partial charge in [0.1, 0.15) is 5.75 Å². The van der Waals surface area contributed by atoms with Crippen LogP contribution in [0.5, 0.6) is 17.2 Å². The number of likely N-dealkylation sites (tertiary alicyclic amines) is 1. The van der Waals surface area contributed by atoms with Gasteiger partial charge in [0.25, 0.3) is 5.91 Å². The van der Waals surface area contributed by atoms with E-state index in [1.807, 2.05) is 35.2 Å². The summed E-state index contributed by atoms with van der Waals surface area (Å²) in [5.74, 6) is 1.83. The van der Waals surface area contributed by atoms with Gasteiger partial charge in [-0.05, 0) is 42.7 Å². The minimum absolute atomic E-state index is 0.0333. The molecule has 1 unspecified atom stereocenters. The van der Waals surface area contributed by atoms with Crippen LogP contribution in [-0.4, -0.2) is 38.7 Å². The quantitative estimate of drug-likeness (QED) is 0.832. The summed E-state index contributed by atoms with van der Waals surface area (Å²) in [5.41, 5.74) is 1.65. The van der Waals surface area contributed by atoms with Crippen molar-refractivity contribution in [2.45, 2.75) is 18.9 Å². The van der Waals surface area contributed by atoms with Crippen LogP contribution in [0.3, 0.4) is 0 Å². The molecule has 0 bridgehead atoms. The summed E-state index contributed by atoms with van der Waals surface area (Å²) in [5, 5.41) is 0. The molecule has 2 aromatic carbocycles. The number of nitrogens with zero attached hydrogens (tertiary/aromatic N) is 1. The zero-order valence-electron chi connectivity index (χ0n) is 14.8. The fourth-order valence-corrected chi connectivity index (χ4v) is 3.39. The van der Waals surface area contributed by atoms with Crippen molar-refractivity contribution in [1.29, 1.82) is 0 Å². The first kappa shape index (κ1) is 17.1. The van der Waals surface area contributed by atoms with Crippen molar-refractivity contribution in [2.24, 2.45) is 0 Å². The van der Waals surface area contributed by atoms with E-state index in [4.69, 9.17) is 14.2 Å². The summed E-state index contributed by atoms with van der Waals surface area (Å²) in [6.07, 6.45) is 1.93. The summed E-state index contributed by atoms with van der Waals surface area (Å²) in [6.45, 7) is 0.732. The smallest absolute Gasteiger partial charge is 0.258 e. The molecule has 1 heterocycles. The lowest BCUT2D eigenvalue weighted by molar-refractivity contribution is 0.0731. The Morgan fingerprint density at radius 3 is 2.40 bits per heavy atom. The summed E-state index contributed by atoms with van der Waals surface area (Å²) in [6, 6.07) is 13.4. The minimum Gasteiger partial charge on any atom is -0.497 e. The van der Waals surface area contributed by atoms with E-state index in [0.29, 0.717) is 17.1 Å². The van der Waals surface area contributed by atoms with Crippen LogP contribution in [0.2, 0.25) is 0 Å². The van der Waals surface area contributed by atoms with Gasteiger partial charge >= 0.3 is 0 Å². The lowest BCUT2D eigenvalue weighted by Crippen LogP contribution is -2.30. The molecule has 1 saturated heterocycles. The molecular weight excluding hydrogens is 318 g/mol. The van der Waals surface area contributed by atoms with Gasteiger partial charge in [0, 0.05) is 6.54 Å². The number of ether oxygens (including phenoxy) is 3. The topological polar surface area (TPSA) is 48.0 Å². The number of carbonyl (C=O) groups is 1. The van der Waals surface area contributed by atoms with E-state index < -0.39 is 0 Å². The third kappa shape index (κ3) is 3.27. The fourth-order valence-electron chi connectivity index (χ4n) is 3.39. The third-order valence-corrected chi connectivity index (χ3v) is 4.65. The summed E-state index contributed by atoms with van der Waals surface area (Å²) < 4.78 is 16.0. The van der Waals surface area contributed by atoms with Gasteiger partial charge in [-0.3, -0.25) is 4.79 Å². The first-order valence-corrected chi connectivity index (χ1v) is 8.35. The number of hydrogen-bond donors (Lipinski definition) is 0. The molecule has 0 radical (unpaired) electrons. The first-order chi connectivity index (χ1) is 12.2. The number of para-hydroxylation sites is 1. The molecule has 1 fully saturated rings. The van der Waals surface area contributed by atoms with Gasteiger partial charge in [-0.15, -0.1) is 0 Å². The second kappa shape index (κ2) is 7.47. The molecule has 1 aliphatic rings. The lowest BCUT2D eigenvalue weighted by Gasteiger charge is -2.26. The second-order valence-electron chi connectivity index (χ2n) is 5.97. The molecule has 2 aromatic rings. The van der Waals surface area contributed by atoms with Crippen LogP contribution >= 0.6 is 0 Å². The van der Waals surface area contributed by atoms with E-state index in [1.54, 1.807) is 33.5 Å². The van der Waals surface area contributed by atoms with Gasteiger partial charge in [-0.2, -0.15) is 0 Å². The molecule has 1 aliphatic heterocycles. The number of methoxy groups -OCH3 is 3. The lowest BCUT2D eigenvalue weighted by atomic mass is 10.0. The molecule has 1 atom stereocenters. The summed E-state index contributed by atoms with van der Waals surface area (Å²) in [7, 11) is 4.77. The summed E-state index contributed by atoms with van der Waals surface area (Å²) in [4.78, 5) is 15.1. The van der Waals surface area contributed by atoms with Gasteiger partial charge in [0.2, 0.25) is 0 Å². The summed E-state index contributed by atoms with van der Waals surface area (Å²) >= 11 is 0. The Kier molecular flexibility index (Phi) is 5.12. The molecule has 5 nitrogen and oxygen atoms in total. The Labute approximate surface area is 148 Å². The highest BCUT2D eigenvalue weighted by atomic mass is 16.5. The fraction of sp³-hybridized carbons (Fsp3) is 0.350. The SMILES string of the molecule is COc1ccc(C2CCCN2C(=O)c2cccc(OC)c2OC)cc1. The van der Waals surface area contributed by atoms with E-state index in [2.05, 4.69) is 0 Å². The predicted octanol–water partition coefficient (Wildman–Crippen LogP) is 3.69. The van der Waals surface area contributed by atoms with Crippen molar-refractivity contribution in [2.75, 3.05) is 27.9 Å². The minimum atomic E-state index is -0.0333. The number of rotatable bonds is 5. The third-order valence-electron chi connectivity index (χ3n) is 4.65. The van der Waals surface area contributed by atoms with Crippen molar-refractivity contribution in [1.82, 2.24) is 4.90 Å². The van der Waals surface area contributed by atoms with E-state index in [1.165, 1.54) is 0 Å². The number of hydrogen-bond acceptors (Lipinski definition) is 4. The van der Waals surface area contributed by atoms with Gasteiger partial charge in [-0.25, -0.2) is 0 Å². The van der Waals surface area contributed by atoms with E-state index in [9.17, 15) is 4.79 Å². The largest absolute Gasteiger partial charge is 0.497 e. The standard InChI is InChI=1S/C20H23NO4/c1-23-15-11-9-14(10-12-15)17-7-5-13-21(17)20(22)16-6-4-8-18(24-2)19(16)25-3/h4,6,8-12,17H,5,7,13H2,1-3H3. The molecule has 0 aliphatic carbocycles. The maximum absolute atomic E-state index is 13.2. The molecule has 0 saturated carbocycles. The number of benzene rings is 2. The highest BCUT2D eigenvalue weighted by Gasteiger charge is 2.32. The maximum atomic E-state index is 13.2. The zero-order valence-corrected chi connectivity index (χ0v) is 14.8. The number of carbonyl (C=O) groups excluding carboxylic acids is 1. The maximum Gasteiger partial charge on any atom is 0.258 e. The van der Waals surface area contributed by atoms with Gasteiger partial charge in [0.05, 0.1) is 32.9 Å². The van der Waals surface area contributed by atoms with Crippen molar-refractivity contribution >= 4 is 5.91 Å². The van der Waals surface area contributed by atoms with Crippen LogP contribution in [0.15, 0.2) is 42.5 Å². The van der Waals surface area contributed by atoms with Crippen molar-refractivity contribution in [3.05, 3.63) is 53.6 Å². The van der Waals surface area contributed by atoms with Crippen molar-refractivity contribution in [3.63, 3.8) is 0 Å². The molecular formula is C20H23NO4. The van der Waals surface area contributed by atoms with Crippen LogP contribution in [0.1, 0.15) is 34.8 Å². The van der Waals surface area contributed by atoms with E-state index in [0.717, 1.165) is 30.7 Å². The molecule has 25 heavy (non-hydrogen) atoms. The normalized spacial score (nSPS) is 16.6. The Balaban J connectivity index is 1.90. The molecule has 3 rings (SSSR count).